The van der Waals surface area contributed by atoms with Gasteiger partial charge in [-0.1, -0.05) is 23.7 Å². The molecule has 0 saturated carbocycles. The Bertz CT molecular complexity index is 723. The first kappa shape index (κ1) is 15.6. The molecule has 0 saturated heterocycles. The van der Waals surface area contributed by atoms with Gasteiger partial charge in [0, 0.05) is 11.2 Å². The maximum atomic E-state index is 11.9. The summed E-state index contributed by atoms with van der Waals surface area (Å²) in [5, 5.41) is 14.3. The summed E-state index contributed by atoms with van der Waals surface area (Å²) in [7, 11) is -3.62. The molecule has 2 rings (SSSR count). The zero-order valence-electron chi connectivity index (χ0n) is 11.0. The Kier molecular flexibility index (Phi) is 5.00. The van der Waals surface area contributed by atoms with Crippen LogP contribution in [0.4, 0.5) is 5.69 Å². The van der Waals surface area contributed by atoms with Gasteiger partial charge in [0.05, 0.1) is 30.4 Å². The van der Waals surface area contributed by atoms with Gasteiger partial charge in [0.15, 0.2) is 0 Å². The number of sulfonamides is 1. The van der Waals surface area contributed by atoms with E-state index in [2.05, 4.69) is 9.82 Å². The first-order valence-electron chi connectivity index (χ1n) is 6.08. The second-order valence-electron chi connectivity index (χ2n) is 4.22. The molecule has 8 heteroatoms. The number of halogens is 1. The number of nitrogens with zero attached hydrogens (tertiary/aromatic N) is 2. The first-order valence-corrected chi connectivity index (χ1v) is 8.01. The van der Waals surface area contributed by atoms with Crippen LogP contribution in [0.5, 0.6) is 0 Å². The molecule has 2 N–H and O–H groups in total. The molecule has 2 aromatic rings. The van der Waals surface area contributed by atoms with Gasteiger partial charge in [0.25, 0.3) is 10.0 Å². The Hall–Kier alpha value is -1.83. The van der Waals surface area contributed by atoms with Crippen molar-refractivity contribution in [3.05, 3.63) is 52.7 Å². The van der Waals surface area contributed by atoms with E-state index in [1.165, 1.54) is 23.2 Å². The fourth-order valence-electron chi connectivity index (χ4n) is 1.58. The summed E-state index contributed by atoms with van der Waals surface area (Å²) in [6.07, 6.45) is 4.35. The van der Waals surface area contributed by atoms with Crippen molar-refractivity contribution >= 4 is 33.4 Å². The quantitative estimate of drug-likeness (QED) is 0.849. The number of aliphatic hydroxyl groups excluding tert-OH is 1. The van der Waals surface area contributed by atoms with Crippen LogP contribution in [-0.4, -0.2) is 29.9 Å². The second kappa shape index (κ2) is 6.75. The van der Waals surface area contributed by atoms with E-state index < -0.39 is 10.0 Å². The summed E-state index contributed by atoms with van der Waals surface area (Å²) < 4.78 is 27.6. The normalized spacial score (nSPS) is 11.9. The van der Waals surface area contributed by atoms with Crippen LogP contribution in [0.2, 0.25) is 5.02 Å². The molecule has 0 amide bonds. The van der Waals surface area contributed by atoms with Gasteiger partial charge in [-0.3, -0.25) is 9.40 Å². The summed E-state index contributed by atoms with van der Waals surface area (Å²) in [5.41, 5.74) is 1.06. The molecule has 6 nitrogen and oxygen atoms in total. The van der Waals surface area contributed by atoms with Crippen molar-refractivity contribution in [1.82, 2.24) is 9.78 Å². The number of anilines is 1. The maximum absolute atomic E-state index is 11.9. The molecule has 0 aliphatic carbocycles. The molecule has 0 aliphatic heterocycles. The van der Waals surface area contributed by atoms with E-state index in [0.717, 1.165) is 11.0 Å². The van der Waals surface area contributed by atoms with Crippen LogP contribution in [0, 0.1) is 0 Å². The molecular formula is C13H14ClN3O3S. The van der Waals surface area contributed by atoms with Gasteiger partial charge in [-0.15, -0.1) is 0 Å². The summed E-state index contributed by atoms with van der Waals surface area (Å²) >= 11 is 5.76. The van der Waals surface area contributed by atoms with E-state index in [4.69, 9.17) is 16.7 Å². The average molecular weight is 328 g/mol. The molecule has 1 aromatic heterocycles. The van der Waals surface area contributed by atoms with Crippen LogP contribution in [-0.2, 0) is 16.6 Å². The Morgan fingerprint density at radius 1 is 1.33 bits per heavy atom. The van der Waals surface area contributed by atoms with Gasteiger partial charge in [-0.05, 0) is 23.8 Å². The van der Waals surface area contributed by atoms with Gasteiger partial charge in [0.1, 0.15) is 0 Å². The van der Waals surface area contributed by atoms with Crippen molar-refractivity contribution in [2.75, 3.05) is 11.3 Å². The van der Waals surface area contributed by atoms with E-state index in [9.17, 15) is 8.42 Å². The molecule has 21 heavy (non-hydrogen) atoms. The third-order valence-corrected chi connectivity index (χ3v) is 3.80. The van der Waals surface area contributed by atoms with E-state index in [0.29, 0.717) is 17.3 Å². The highest BCUT2D eigenvalue weighted by molar-refractivity contribution is 7.95. The number of nitrogens with one attached hydrogen (secondary N) is 1. The number of hydrogen-bond donors (Lipinski definition) is 2. The maximum Gasteiger partial charge on any atom is 0.255 e. The second-order valence-corrected chi connectivity index (χ2v) is 6.22. The van der Waals surface area contributed by atoms with Crippen molar-refractivity contribution in [3.63, 3.8) is 0 Å². The minimum Gasteiger partial charge on any atom is -0.394 e. The molecule has 0 radical (unpaired) electrons. The van der Waals surface area contributed by atoms with Gasteiger partial charge >= 0.3 is 0 Å². The van der Waals surface area contributed by atoms with Gasteiger partial charge in [0.2, 0.25) is 0 Å². The highest BCUT2D eigenvalue weighted by Crippen LogP contribution is 2.13. The number of aliphatic hydroxyl groups is 1. The Labute approximate surface area is 127 Å². The molecule has 1 heterocycles. The topological polar surface area (TPSA) is 84.2 Å². The summed E-state index contributed by atoms with van der Waals surface area (Å²) in [6, 6.07) is 6.79. The molecule has 0 bridgehead atoms. The lowest BCUT2D eigenvalue weighted by Gasteiger charge is -2.00. The van der Waals surface area contributed by atoms with Gasteiger partial charge in [-0.2, -0.15) is 5.10 Å². The monoisotopic (exact) mass is 327 g/mol. The standard InChI is InChI=1S/C13H14ClN3O3S/c14-12-3-1-11(2-4-12)5-8-21(19,20)16-13-9-15-17(10-13)6-7-18/h1-5,8-10,16,18H,6-7H2. The number of rotatable bonds is 6. The lowest BCUT2D eigenvalue weighted by Crippen LogP contribution is -2.08. The number of aromatic nitrogens is 2. The fraction of sp³-hybridized carbons (Fsp3) is 0.154. The Balaban J connectivity index is 2.05. The molecule has 0 fully saturated rings. The third-order valence-electron chi connectivity index (χ3n) is 2.53. The molecule has 0 atom stereocenters. The Morgan fingerprint density at radius 2 is 2.05 bits per heavy atom. The minimum atomic E-state index is -3.62. The molecule has 0 spiro atoms. The summed E-state index contributed by atoms with van der Waals surface area (Å²) in [5.74, 6) is 0. The van der Waals surface area contributed by atoms with Crippen LogP contribution in [0.3, 0.4) is 0 Å². The van der Waals surface area contributed by atoms with Gasteiger partial charge in [-0.25, -0.2) is 8.42 Å². The minimum absolute atomic E-state index is 0.0651. The van der Waals surface area contributed by atoms with Crippen LogP contribution >= 0.6 is 11.6 Å². The fourth-order valence-corrected chi connectivity index (χ4v) is 2.55. The average Bonchev–Trinajstić information content (AvgIpc) is 2.85. The van der Waals surface area contributed by atoms with Gasteiger partial charge < -0.3 is 5.11 Å². The van der Waals surface area contributed by atoms with Crippen LogP contribution in [0.15, 0.2) is 42.1 Å². The van der Waals surface area contributed by atoms with Crippen molar-refractivity contribution in [2.24, 2.45) is 0 Å². The number of benzene rings is 1. The predicted octanol–water partition coefficient (Wildman–Crippen LogP) is 1.94. The summed E-state index contributed by atoms with van der Waals surface area (Å²) in [4.78, 5) is 0. The lowest BCUT2D eigenvalue weighted by molar-refractivity contribution is 0.269. The lowest BCUT2D eigenvalue weighted by atomic mass is 10.2. The molecular weight excluding hydrogens is 314 g/mol. The largest absolute Gasteiger partial charge is 0.394 e. The highest BCUT2D eigenvalue weighted by Gasteiger charge is 2.07. The predicted molar refractivity (Wildman–Crippen MR) is 82.3 cm³/mol. The zero-order chi connectivity index (χ0) is 15.3. The first-order chi connectivity index (χ1) is 9.98. The van der Waals surface area contributed by atoms with Crippen molar-refractivity contribution in [2.45, 2.75) is 6.54 Å². The number of hydrogen-bond acceptors (Lipinski definition) is 4. The zero-order valence-corrected chi connectivity index (χ0v) is 12.5. The van der Waals surface area contributed by atoms with E-state index in [-0.39, 0.29) is 6.61 Å². The van der Waals surface area contributed by atoms with Crippen molar-refractivity contribution in [3.8, 4) is 0 Å². The molecule has 0 aliphatic rings. The highest BCUT2D eigenvalue weighted by atomic mass is 35.5. The van der Waals surface area contributed by atoms with E-state index in [1.807, 2.05) is 0 Å². The van der Waals surface area contributed by atoms with Crippen molar-refractivity contribution in [1.29, 1.82) is 0 Å². The van der Waals surface area contributed by atoms with Crippen LogP contribution < -0.4 is 4.72 Å². The van der Waals surface area contributed by atoms with Crippen molar-refractivity contribution < 1.29 is 13.5 Å². The van der Waals surface area contributed by atoms with E-state index in [1.54, 1.807) is 24.3 Å². The SMILES string of the molecule is O=S(=O)(C=Cc1ccc(Cl)cc1)Nc1cnn(CCO)c1. The third kappa shape index (κ3) is 4.89. The van der Waals surface area contributed by atoms with Crippen LogP contribution in [0.25, 0.3) is 6.08 Å². The van der Waals surface area contributed by atoms with Crippen LogP contribution in [0.1, 0.15) is 5.56 Å². The smallest absolute Gasteiger partial charge is 0.255 e. The molecule has 1 aromatic carbocycles. The molecule has 112 valence electrons. The molecule has 0 unspecified atom stereocenters. The Morgan fingerprint density at radius 3 is 2.71 bits per heavy atom. The summed E-state index contributed by atoms with van der Waals surface area (Å²) in [6.45, 7) is 0.243. The van der Waals surface area contributed by atoms with E-state index >= 15 is 0 Å².